The van der Waals surface area contributed by atoms with Gasteiger partial charge in [0.15, 0.2) is 6.10 Å². The number of halogens is 2. The van der Waals surface area contributed by atoms with Crippen molar-refractivity contribution < 1.29 is 31.5 Å². The van der Waals surface area contributed by atoms with Crippen molar-refractivity contribution in [3.8, 4) is 0 Å². The van der Waals surface area contributed by atoms with Crippen molar-refractivity contribution in [2.45, 2.75) is 17.9 Å². The topological polar surface area (TPSA) is 116 Å². The van der Waals surface area contributed by atoms with Crippen LogP contribution in [-0.4, -0.2) is 26.4 Å². The normalized spacial score (nSPS) is 12.3. The fourth-order valence-corrected chi connectivity index (χ4v) is 2.51. The summed E-state index contributed by atoms with van der Waals surface area (Å²) >= 11 is 0. The number of amides is 1. The van der Waals surface area contributed by atoms with Gasteiger partial charge in [-0.2, -0.15) is 0 Å². The van der Waals surface area contributed by atoms with Crippen LogP contribution >= 0.6 is 0 Å². The minimum atomic E-state index is -3.95. The van der Waals surface area contributed by atoms with Crippen LogP contribution in [0.4, 0.5) is 14.5 Å². The molecule has 2 aromatic carbocycles. The highest BCUT2D eigenvalue weighted by Crippen LogP contribution is 2.15. The third-order valence-electron chi connectivity index (χ3n) is 3.18. The van der Waals surface area contributed by atoms with Crippen LogP contribution in [0.1, 0.15) is 17.3 Å². The molecule has 0 saturated heterocycles. The summed E-state index contributed by atoms with van der Waals surface area (Å²) in [6.45, 7) is 1.24. The van der Waals surface area contributed by atoms with E-state index in [1.807, 2.05) is 0 Å². The lowest BCUT2D eigenvalue weighted by Crippen LogP contribution is -2.30. The smallest absolute Gasteiger partial charge is 0.339 e. The molecule has 2 rings (SSSR count). The lowest BCUT2D eigenvalue weighted by molar-refractivity contribution is -0.123. The Balaban J connectivity index is 2.07. The van der Waals surface area contributed by atoms with Gasteiger partial charge in [0, 0.05) is 11.8 Å². The average Bonchev–Trinajstić information content (AvgIpc) is 2.53. The molecule has 7 nitrogen and oxygen atoms in total. The van der Waals surface area contributed by atoms with Crippen LogP contribution in [0.2, 0.25) is 0 Å². The molecule has 3 N–H and O–H groups in total. The highest BCUT2D eigenvalue weighted by molar-refractivity contribution is 7.89. The van der Waals surface area contributed by atoms with Crippen LogP contribution in [-0.2, 0) is 19.6 Å². The van der Waals surface area contributed by atoms with Crippen LogP contribution in [0.5, 0.6) is 0 Å². The molecule has 0 radical (unpaired) electrons. The van der Waals surface area contributed by atoms with E-state index in [0.29, 0.717) is 6.07 Å². The summed E-state index contributed by atoms with van der Waals surface area (Å²) in [5, 5.41) is 7.35. The first kappa shape index (κ1) is 19.5. The Labute approximate surface area is 147 Å². The van der Waals surface area contributed by atoms with Crippen molar-refractivity contribution in [2.75, 3.05) is 5.32 Å². The first-order chi connectivity index (χ1) is 12.1. The summed E-state index contributed by atoms with van der Waals surface area (Å²) in [6.07, 6.45) is -1.31. The van der Waals surface area contributed by atoms with E-state index in [-0.39, 0.29) is 10.6 Å². The van der Waals surface area contributed by atoms with Gasteiger partial charge in [-0.05, 0) is 37.3 Å². The predicted octanol–water partition coefficient (Wildman–Crippen LogP) is 1.80. The second-order valence-electron chi connectivity index (χ2n) is 5.27. The highest BCUT2D eigenvalue weighted by atomic mass is 32.2. The molecule has 0 heterocycles. The lowest BCUT2D eigenvalue weighted by atomic mass is 10.2. The quantitative estimate of drug-likeness (QED) is 0.763. The summed E-state index contributed by atoms with van der Waals surface area (Å²) in [5.41, 5.74) is -0.278. The van der Waals surface area contributed by atoms with E-state index >= 15 is 0 Å². The molecule has 10 heteroatoms. The molecule has 0 aliphatic carbocycles. The second-order valence-corrected chi connectivity index (χ2v) is 6.83. The van der Waals surface area contributed by atoms with Crippen LogP contribution in [0.25, 0.3) is 0 Å². The number of benzene rings is 2. The maximum atomic E-state index is 13.1. The highest BCUT2D eigenvalue weighted by Gasteiger charge is 2.20. The predicted molar refractivity (Wildman–Crippen MR) is 87.7 cm³/mol. The Kier molecular flexibility index (Phi) is 5.68. The van der Waals surface area contributed by atoms with Gasteiger partial charge in [0.25, 0.3) is 5.91 Å². The number of hydrogen-bond acceptors (Lipinski definition) is 5. The third kappa shape index (κ3) is 5.07. The fourth-order valence-electron chi connectivity index (χ4n) is 1.95. The molecule has 0 saturated carbocycles. The number of hydrogen-bond donors (Lipinski definition) is 2. The standard InChI is InChI=1S/C16H14F2N2O5S/c1-9(25-16(22)10-5-11(17)7-12(18)6-10)15(21)20-13-3-2-4-14(8-13)26(19,23)24/h2-9H,1H3,(H,20,21)(H2,19,23,24)/t9-/m1/s1. The van der Waals surface area contributed by atoms with Crippen LogP contribution in [0.3, 0.4) is 0 Å². The first-order valence-electron chi connectivity index (χ1n) is 7.17. The zero-order valence-electron chi connectivity index (χ0n) is 13.4. The summed E-state index contributed by atoms with van der Waals surface area (Å²) in [6, 6.07) is 7.27. The minimum absolute atomic E-state index is 0.112. The monoisotopic (exact) mass is 384 g/mol. The SMILES string of the molecule is C[C@@H](OC(=O)c1cc(F)cc(F)c1)C(=O)Nc1cccc(S(N)(=O)=O)c1. The van der Waals surface area contributed by atoms with Crippen molar-refractivity contribution in [1.29, 1.82) is 0 Å². The molecule has 0 spiro atoms. The maximum Gasteiger partial charge on any atom is 0.339 e. The van der Waals surface area contributed by atoms with E-state index in [4.69, 9.17) is 9.88 Å². The Morgan fingerprint density at radius 1 is 1.12 bits per heavy atom. The average molecular weight is 384 g/mol. The molecule has 0 bridgehead atoms. The van der Waals surface area contributed by atoms with Gasteiger partial charge in [-0.1, -0.05) is 6.07 Å². The largest absolute Gasteiger partial charge is 0.449 e. The van der Waals surface area contributed by atoms with Gasteiger partial charge >= 0.3 is 5.97 Å². The molecule has 138 valence electrons. The number of anilines is 1. The van der Waals surface area contributed by atoms with E-state index in [1.54, 1.807) is 0 Å². The number of esters is 1. The van der Waals surface area contributed by atoms with E-state index in [1.165, 1.54) is 25.1 Å². The van der Waals surface area contributed by atoms with E-state index < -0.39 is 45.2 Å². The van der Waals surface area contributed by atoms with Gasteiger partial charge < -0.3 is 10.1 Å². The molecular weight excluding hydrogens is 370 g/mol. The summed E-state index contributed by atoms with van der Waals surface area (Å²) in [4.78, 5) is 23.7. The summed E-state index contributed by atoms with van der Waals surface area (Å²) in [7, 11) is -3.95. The number of nitrogens with one attached hydrogen (secondary N) is 1. The van der Waals surface area contributed by atoms with Crippen molar-refractivity contribution in [1.82, 2.24) is 0 Å². The van der Waals surface area contributed by atoms with Crippen molar-refractivity contribution in [3.05, 3.63) is 59.7 Å². The van der Waals surface area contributed by atoms with Crippen molar-refractivity contribution >= 4 is 27.6 Å². The summed E-state index contributed by atoms with van der Waals surface area (Å²) < 4.78 is 53.7. The third-order valence-corrected chi connectivity index (χ3v) is 4.09. The van der Waals surface area contributed by atoms with Gasteiger partial charge in [0.1, 0.15) is 11.6 Å². The van der Waals surface area contributed by atoms with Gasteiger partial charge in [0.2, 0.25) is 10.0 Å². The molecule has 1 amide bonds. The van der Waals surface area contributed by atoms with Gasteiger partial charge in [0.05, 0.1) is 10.5 Å². The van der Waals surface area contributed by atoms with Gasteiger partial charge in [-0.15, -0.1) is 0 Å². The van der Waals surface area contributed by atoms with E-state index in [0.717, 1.165) is 18.2 Å². The fraction of sp³-hybridized carbons (Fsp3) is 0.125. The molecule has 0 aliphatic rings. The molecule has 26 heavy (non-hydrogen) atoms. The van der Waals surface area contributed by atoms with E-state index in [9.17, 15) is 26.8 Å². The molecule has 0 unspecified atom stereocenters. The Morgan fingerprint density at radius 2 is 1.73 bits per heavy atom. The minimum Gasteiger partial charge on any atom is -0.449 e. The Bertz CT molecular complexity index is 943. The summed E-state index contributed by atoms with van der Waals surface area (Å²) in [5.74, 6) is -3.80. The van der Waals surface area contributed by atoms with Crippen LogP contribution < -0.4 is 10.5 Å². The number of sulfonamides is 1. The van der Waals surface area contributed by atoms with Gasteiger partial charge in [-0.25, -0.2) is 27.1 Å². The zero-order valence-corrected chi connectivity index (χ0v) is 14.2. The zero-order chi connectivity index (χ0) is 19.5. The Morgan fingerprint density at radius 3 is 2.31 bits per heavy atom. The molecule has 0 aliphatic heterocycles. The number of ether oxygens (including phenoxy) is 1. The van der Waals surface area contributed by atoms with Crippen LogP contribution in [0, 0.1) is 11.6 Å². The number of nitrogens with two attached hydrogens (primary N) is 1. The maximum absolute atomic E-state index is 13.1. The number of primary sulfonamides is 1. The van der Waals surface area contributed by atoms with E-state index in [2.05, 4.69) is 5.32 Å². The van der Waals surface area contributed by atoms with Crippen LogP contribution in [0.15, 0.2) is 47.4 Å². The number of rotatable bonds is 5. The number of carbonyl (C=O) groups is 2. The van der Waals surface area contributed by atoms with Gasteiger partial charge in [-0.3, -0.25) is 4.79 Å². The lowest BCUT2D eigenvalue weighted by Gasteiger charge is -2.14. The van der Waals surface area contributed by atoms with Crippen molar-refractivity contribution in [2.24, 2.45) is 5.14 Å². The van der Waals surface area contributed by atoms with Crippen molar-refractivity contribution in [3.63, 3.8) is 0 Å². The first-order valence-corrected chi connectivity index (χ1v) is 8.71. The second kappa shape index (κ2) is 7.58. The number of carbonyl (C=O) groups excluding carboxylic acids is 2. The molecule has 0 aromatic heterocycles. The Hall–Kier alpha value is -2.85. The molecule has 2 aromatic rings. The molecule has 0 fully saturated rings. The molecular formula is C16H14F2N2O5S. The molecule has 1 atom stereocenters.